The standard InChI is InChI=1S/C12H12N2O6/c15-8(12(18)19)4-13-11(17)6-1-2-7-9(3-6)20-5-10(16)14-7/h1-3,8,15H,4-5H2,(H,13,17)(H,14,16)(H,18,19). The number of carbonyl (C=O) groups is 3. The van der Waals surface area contributed by atoms with Crippen LogP contribution in [-0.2, 0) is 9.59 Å². The molecule has 1 aromatic rings. The number of anilines is 1. The second-order valence-electron chi connectivity index (χ2n) is 4.11. The molecule has 106 valence electrons. The molecular weight excluding hydrogens is 268 g/mol. The first-order valence-corrected chi connectivity index (χ1v) is 5.73. The Balaban J connectivity index is 2.04. The normalized spacial score (nSPS) is 14.6. The van der Waals surface area contributed by atoms with Gasteiger partial charge in [-0.25, -0.2) is 4.79 Å². The Hall–Kier alpha value is -2.61. The van der Waals surface area contributed by atoms with Gasteiger partial charge in [0.2, 0.25) is 0 Å². The average Bonchev–Trinajstić information content (AvgIpc) is 2.43. The van der Waals surface area contributed by atoms with Crippen molar-refractivity contribution in [3.8, 4) is 5.75 Å². The van der Waals surface area contributed by atoms with Crippen LogP contribution >= 0.6 is 0 Å². The lowest BCUT2D eigenvalue weighted by Gasteiger charge is -2.18. The molecule has 20 heavy (non-hydrogen) atoms. The first kappa shape index (κ1) is 13.8. The number of carboxylic acids is 1. The molecule has 1 aliphatic heterocycles. The van der Waals surface area contributed by atoms with E-state index in [2.05, 4.69) is 10.6 Å². The lowest BCUT2D eigenvalue weighted by Crippen LogP contribution is -2.36. The van der Waals surface area contributed by atoms with E-state index in [-0.39, 0.29) is 18.1 Å². The fraction of sp³-hybridized carbons (Fsp3) is 0.250. The zero-order valence-corrected chi connectivity index (χ0v) is 10.3. The zero-order valence-electron chi connectivity index (χ0n) is 10.3. The van der Waals surface area contributed by atoms with Crippen molar-refractivity contribution in [1.29, 1.82) is 0 Å². The molecule has 0 bridgehead atoms. The first-order chi connectivity index (χ1) is 9.47. The maximum atomic E-state index is 11.8. The fourth-order valence-electron chi connectivity index (χ4n) is 1.59. The summed E-state index contributed by atoms with van der Waals surface area (Å²) in [7, 11) is 0. The lowest BCUT2D eigenvalue weighted by atomic mass is 10.1. The second-order valence-corrected chi connectivity index (χ2v) is 4.11. The maximum absolute atomic E-state index is 11.8. The highest BCUT2D eigenvalue weighted by Gasteiger charge is 2.19. The van der Waals surface area contributed by atoms with Crippen LogP contribution in [0.5, 0.6) is 5.75 Å². The summed E-state index contributed by atoms with van der Waals surface area (Å²) >= 11 is 0. The number of rotatable bonds is 4. The van der Waals surface area contributed by atoms with Gasteiger partial charge in [0.25, 0.3) is 11.8 Å². The largest absolute Gasteiger partial charge is 0.482 e. The third-order valence-electron chi connectivity index (χ3n) is 2.62. The quantitative estimate of drug-likeness (QED) is 0.572. The Labute approximate surface area is 113 Å². The van der Waals surface area contributed by atoms with Gasteiger partial charge in [-0.15, -0.1) is 0 Å². The van der Waals surface area contributed by atoms with Crippen molar-refractivity contribution in [2.75, 3.05) is 18.5 Å². The van der Waals surface area contributed by atoms with Crippen molar-refractivity contribution in [3.63, 3.8) is 0 Å². The van der Waals surface area contributed by atoms with Gasteiger partial charge in [0.1, 0.15) is 5.75 Å². The van der Waals surface area contributed by atoms with Crippen LogP contribution in [0.25, 0.3) is 0 Å². The van der Waals surface area contributed by atoms with Crippen molar-refractivity contribution in [2.45, 2.75) is 6.10 Å². The summed E-state index contributed by atoms with van der Waals surface area (Å²) in [6.07, 6.45) is -1.66. The van der Waals surface area contributed by atoms with Crippen LogP contribution < -0.4 is 15.4 Å². The molecule has 1 unspecified atom stereocenters. The average molecular weight is 280 g/mol. The van der Waals surface area contributed by atoms with Crippen LogP contribution in [0.3, 0.4) is 0 Å². The number of nitrogens with one attached hydrogen (secondary N) is 2. The van der Waals surface area contributed by atoms with E-state index in [0.29, 0.717) is 11.4 Å². The summed E-state index contributed by atoms with van der Waals surface area (Å²) in [5.74, 6) is -1.88. The molecule has 0 radical (unpaired) electrons. The maximum Gasteiger partial charge on any atom is 0.334 e. The van der Waals surface area contributed by atoms with Crippen molar-refractivity contribution in [3.05, 3.63) is 23.8 Å². The number of hydrogen-bond donors (Lipinski definition) is 4. The van der Waals surface area contributed by atoms with Crippen molar-refractivity contribution >= 4 is 23.5 Å². The van der Waals surface area contributed by atoms with Gasteiger partial charge in [0.05, 0.1) is 12.2 Å². The molecule has 1 aliphatic rings. The minimum Gasteiger partial charge on any atom is -0.482 e. The summed E-state index contributed by atoms with van der Waals surface area (Å²) in [4.78, 5) is 33.3. The SMILES string of the molecule is O=C1COc2cc(C(=O)NCC(O)C(=O)O)ccc2N1. The van der Waals surface area contributed by atoms with Crippen LogP contribution in [0.1, 0.15) is 10.4 Å². The molecule has 2 rings (SSSR count). The van der Waals surface area contributed by atoms with Crippen LogP contribution in [0.15, 0.2) is 18.2 Å². The van der Waals surface area contributed by atoms with Crippen molar-refractivity contribution < 1.29 is 29.3 Å². The minimum atomic E-state index is -1.66. The van der Waals surface area contributed by atoms with E-state index in [1.165, 1.54) is 18.2 Å². The van der Waals surface area contributed by atoms with Gasteiger partial charge in [-0.2, -0.15) is 0 Å². The van der Waals surface area contributed by atoms with Crippen molar-refractivity contribution in [2.24, 2.45) is 0 Å². The molecule has 0 aliphatic carbocycles. The van der Waals surface area contributed by atoms with Gasteiger partial charge in [0.15, 0.2) is 12.7 Å². The number of aliphatic carboxylic acids is 1. The number of fused-ring (bicyclic) bond motifs is 1. The molecule has 0 saturated carbocycles. The summed E-state index contributed by atoms with van der Waals surface area (Å²) in [5.41, 5.74) is 0.695. The van der Waals surface area contributed by atoms with E-state index in [0.717, 1.165) is 0 Å². The van der Waals surface area contributed by atoms with E-state index >= 15 is 0 Å². The highest BCUT2D eigenvalue weighted by Crippen LogP contribution is 2.28. The number of amides is 2. The van der Waals surface area contributed by atoms with Crippen LogP contribution in [0.4, 0.5) is 5.69 Å². The Morgan fingerprint density at radius 3 is 2.90 bits per heavy atom. The Kier molecular flexibility index (Phi) is 3.85. The number of ether oxygens (including phenoxy) is 1. The van der Waals surface area contributed by atoms with Gasteiger partial charge < -0.3 is 25.6 Å². The summed E-state index contributed by atoms with van der Waals surface area (Å²) in [6, 6.07) is 4.39. The van der Waals surface area contributed by atoms with Gasteiger partial charge in [0, 0.05) is 5.56 Å². The molecule has 4 N–H and O–H groups in total. The molecule has 2 amide bonds. The molecule has 8 nitrogen and oxygen atoms in total. The third-order valence-corrected chi connectivity index (χ3v) is 2.62. The zero-order chi connectivity index (χ0) is 14.7. The predicted octanol–water partition coefficient (Wildman–Crippen LogP) is -0.807. The number of aliphatic hydroxyl groups is 1. The predicted molar refractivity (Wildman–Crippen MR) is 66.5 cm³/mol. The highest BCUT2D eigenvalue weighted by molar-refractivity contribution is 5.99. The molecule has 8 heteroatoms. The summed E-state index contributed by atoms with van der Waals surface area (Å²) < 4.78 is 5.15. The molecule has 1 atom stereocenters. The number of hydrogen-bond acceptors (Lipinski definition) is 5. The van der Waals surface area contributed by atoms with Crippen molar-refractivity contribution in [1.82, 2.24) is 5.32 Å². The molecule has 0 saturated heterocycles. The lowest BCUT2D eigenvalue weighted by molar-refractivity contribution is -0.146. The smallest absolute Gasteiger partial charge is 0.334 e. The molecule has 1 heterocycles. The topological polar surface area (TPSA) is 125 Å². The van der Waals surface area contributed by atoms with Gasteiger partial charge in [-0.3, -0.25) is 9.59 Å². The van der Waals surface area contributed by atoms with E-state index in [9.17, 15) is 14.4 Å². The minimum absolute atomic E-state index is 0.129. The number of carboxylic acid groups (broad SMARTS) is 1. The van der Waals surface area contributed by atoms with E-state index < -0.39 is 24.5 Å². The molecular formula is C12H12N2O6. The van der Waals surface area contributed by atoms with E-state index in [1.807, 2.05) is 0 Å². The van der Waals surface area contributed by atoms with Gasteiger partial charge in [-0.05, 0) is 18.2 Å². The van der Waals surface area contributed by atoms with Gasteiger partial charge >= 0.3 is 5.97 Å². The third kappa shape index (κ3) is 3.04. The number of aliphatic hydroxyl groups excluding tert-OH is 1. The Bertz CT molecular complexity index is 571. The van der Waals surface area contributed by atoms with Crippen LogP contribution in [-0.4, -0.2) is 47.3 Å². The second kappa shape index (κ2) is 5.57. The first-order valence-electron chi connectivity index (χ1n) is 5.73. The van der Waals surface area contributed by atoms with E-state index in [4.69, 9.17) is 14.9 Å². The molecule has 0 spiro atoms. The molecule has 1 aromatic carbocycles. The Morgan fingerprint density at radius 2 is 2.20 bits per heavy atom. The summed E-state index contributed by atoms with van der Waals surface area (Å²) in [6.45, 7) is -0.529. The van der Waals surface area contributed by atoms with Gasteiger partial charge in [-0.1, -0.05) is 0 Å². The van der Waals surface area contributed by atoms with Crippen LogP contribution in [0.2, 0.25) is 0 Å². The fourth-order valence-corrected chi connectivity index (χ4v) is 1.59. The number of carbonyl (C=O) groups excluding carboxylic acids is 2. The Morgan fingerprint density at radius 1 is 1.45 bits per heavy atom. The number of benzene rings is 1. The summed E-state index contributed by atoms with van der Waals surface area (Å²) in [5, 5.41) is 22.4. The van der Waals surface area contributed by atoms with Crippen LogP contribution in [0, 0.1) is 0 Å². The molecule has 0 fully saturated rings. The molecule has 0 aromatic heterocycles. The highest BCUT2D eigenvalue weighted by atomic mass is 16.5. The monoisotopic (exact) mass is 280 g/mol. The van der Waals surface area contributed by atoms with E-state index in [1.54, 1.807) is 0 Å².